The van der Waals surface area contributed by atoms with Gasteiger partial charge in [-0.05, 0) is 37.0 Å². The first kappa shape index (κ1) is 13.2. The van der Waals surface area contributed by atoms with Crippen molar-refractivity contribution in [3.63, 3.8) is 0 Å². The van der Waals surface area contributed by atoms with Crippen molar-refractivity contribution in [3.8, 4) is 0 Å². The monoisotopic (exact) mass is 267 g/mol. The minimum Gasteiger partial charge on any atom is -0.339 e. The molecule has 1 heterocycles. The lowest BCUT2D eigenvalue weighted by molar-refractivity contribution is 0.0698. The summed E-state index contributed by atoms with van der Waals surface area (Å²) in [5.41, 5.74) is 3.70. The lowest BCUT2D eigenvalue weighted by atomic mass is 9.98. The van der Waals surface area contributed by atoms with Crippen molar-refractivity contribution < 1.29 is 4.79 Å². The van der Waals surface area contributed by atoms with Crippen molar-refractivity contribution in [2.45, 2.75) is 19.8 Å². The zero-order valence-corrected chi connectivity index (χ0v) is 11.2. The van der Waals surface area contributed by atoms with Crippen LogP contribution < -0.4 is 11.3 Å². The number of hydrogen-bond donors (Lipinski definition) is 2. The maximum Gasteiger partial charge on any atom is 0.256 e. The molecule has 1 fully saturated rings. The number of piperidine rings is 1. The third-order valence-electron chi connectivity index (χ3n) is 3.44. The Bertz CT molecular complexity index is 442. The average molecular weight is 268 g/mol. The van der Waals surface area contributed by atoms with Crippen LogP contribution in [0, 0.1) is 5.92 Å². The molecule has 0 aromatic heterocycles. The van der Waals surface area contributed by atoms with Crippen LogP contribution in [-0.4, -0.2) is 23.9 Å². The van der Waals surface area contributed by atoms with Gasteiger partial charge in [0.25, 0.3) is 5.91 Å². The fraction of sp³-hybridized carbons (Fsp3) is 0.462. The van der Waals surface area contributed by atoms with Gasteiger partial charge in [-0.1, -0.05) is 18.5 Å². The molecule has 1 aliphatic heterocycles. The summed E-state index contributed by atoms with van der Waals surface area (Å²) < 4.78 is 0. The third-order valence-corrected chi connectivity index (χ3v) is 3.67. The summed E-state index contributed by atoms with van der Waals surface area (Å²) in [5.74, 6) is 6.12. The number of carbonyl (C=O) groups is 1. The third kappa shape index (κ3) is 2.76. The van der Waals surface area contributed by atoms with Crippen molar-refractivity contribution in [3.05, 3.63) is 28.8 Å². The second kappa shape index (κ2) is 5.59. The standard InChI is InChI=1S/C13H18ClN3O/c1-9-4-6-17(7-5-9)13(18)11-8-10(14)2-3-12(11)16-15/h2-3,8-9,16H,4-7,15H2,1H3. The highest BCUT2D eigenvalue weighted by Crippen LogP contribution is 2.24. The van der Waals surface area contributed by atoms with Crippen molar-refractivity contribution in [2.24, 2.45) is 11.8 Å². The predicted octanol–water partition coefficient (Wildman–Crippen LogP) is 2.50. The Balaban J connectivity index is 2.20. The van der Waals surface area contributed by atoms with Gasteiger partial charge in [0.1, 0.15) is 0 Å². The first-order valence-electron chi connectivity index (χ1n) is 6.17. The number of carbonyl (C=O) groups excluding carboxylic acids is 1. The number of nitrogens with two attached hydrogens (primary N) is 1. The van der Waals surface area contributed by atoms with Crippen molar-refractivity contribution in [1.29, 1.82) is 0 Å². The topological polar surface area (TPSA) is 58.4 Å². The minimum absolute atomic E-state index is 0.00245. The number of anilines is 1. The van der Waals surface area contributed by atoms with E-state index in [-0.39, 0.29) is 5.91 Å². The molecule has 1 aromatic carbocycles. The Morgan fingerprint density at radius 2 is 2.11 bits per heavy atom. The number of rotatable bonds is 2. The zero-order chi connectivity index (χ0) is 13.1. The summed E-state index contributed by atoms with van der Waals surface area (Å²) in [6.45, 7) is 3.82. The van der Waals surface area contributed by atoms with Crippen LogP contribution in [0.15, 0.2) is 18.2 Å². The molecule has 1 amide bonds. The highest BCUT2D eigenvalue weighted by atomic mass is 35.5. The highest BCUT2D eigenvalue weighted by Gasteiger charge is 2.23. The van der Waals surface area contributed by atoms with E-state index >= 15 is 0 Å². The Labute approximate surface area is 112 Å². The van der Waals surface area contributed by atoms with Crippen LogP contribution in [0.3, 0.4) is 0 Å². The van der Waals surface area contributed by atoms with Gasteiger partial charge in [0.2, 0.25) is 0 Å². The number of benzene rings is 1. The summed E-state index contributed by atoms with van der Waals surface area (Å²) in [7, 11) is 0. The fourth-order valence-electron chi connectivity index (χ4n) is 2.20. The Hall–Kier alpha value is -1.26. The second-order valence-electron chi connectivity index (χ2n) is 4.81. The molecule has 0 spiro atoms. The van der Waals surface area contributed by atoms with Crippen molar-refractivity contribution >= 4 is 23.2 Å². The molecular weight excluding hydrogens is 250 g/mol. The van der Waals surface area contributed by atoms with Crippen molar-refractivity contribution in [2.75, 3.05) is 18.5 Å². The van der Waals surface area contributed by atoms with E-state index in [0.29, 0.717) is 22.2 Å². The number of hydrazine groups is 1. The lowest BCUT2D eigenvalue weighted by Gasteiger charge is -2.30. The molecular formula is C13H18ClN3O. The molecule has 0 radical (unpaired) electrons. The van der Waals surface area contributed by atoms with E-state index in [2.05, 4.69) is 12.3 Å². The normalized spacial score (nSPS) is 16.7. The number of halogens is 1. The van der Waals surface area contributed by atoms with E-state index in [0.717, 1.165) is 25.9 Å². The molecule has 0 bridgehead atoms. The number of nitrogens with zero attached hydrogens (tertiary/aromatic N) is 1. The van der Waals surface area contributed by atoms with Gasteiger partial charge in [-0.15, -0.1) is 0 Å². The molecule has 5 heteroatoms. The Morgan fingerprint density at radius 3 is 2.72 bits per heavy atom. The molecule has 0 unspecified atom stereocenters. The zero-order valence-electron chi connectivity index (χ0n) is 10.4. The average Bonchev–Trinajstić information content (AvgIpc) is 2.39. The SMILES string of the molecule is CC1CCN(C(=O)c2cc(Cl)ccc2NN)CC1. The summed E-state index contributed by atoms with van der Waals surface area (Å²) in [6, 6.07) is 5.10. The molecule has 0 aliphatic carbocycles. The number of amides is 1. The summed E-state index contributed by atoms with van der Waals surface area (Å²) in [5, 5.41) is 0.544. The van der Waals surface area contributed by atoms with Crippen LogP contribution in [0.2, 0.25) is 5.02 Å². The number of hydrogen-bond acceptors (Lipinski definition) is 3. The van der Waals surface area contributed by atoms with E-state index in [1.54, 1.807) is 18.2 Å². The molecule has 0 atom stereocenters. The van der Waals surface area contributed by atoms with E-state index in [1.807, 2.05) is 4.90 Å². The fourth-order valence-corrected chi connectivity index (χ4v) is 2.37. The van der Waals surface area contributed by atoms with E-state index in [4.69, 9.17) is 17.4 Å². The quantitative estimate of drug-likeness (QED) is 0.639. The summed E-state index contributed by atoms with van der Waals surface area (Å²) in [6.07, 6.45) is 2.11. The van der Waals surface area contributed by atoms with Crippen LogP contribution in [-0.2, 0) is 0 Å². The molecule has 1 aromatic rings. The van der Waals surface area contributed by atoms with Gasteiger partial charge in [0, 0.05) is 18.1 Å². The Morgan fingerprint density at radius 1 is 1.44 bits per heavy atom. The number of nitrogens with one attached hydrogen (secondary N) is 1. The Kier molecular flexibility index (Phi) is 4.09. The molecule has 2 rings (SSSR count). The minimum atomic E-state index is -0.00245. The van der Waals surface area contributed by atoms with Crippen LogP contribution in [0.5, 0.6) is 0 Å². The largest absolute Gasteiger partial charge is 0.339 e. The summed E-state index contributed by atoms with van der Waals surface area (Å²) in [4.78, 5) is 14.3. The van der Waals surface area contributed by atoms with E-state index < -0.39 is 0 Å². The number of nitrogen functional groups attached to an aromatic ring is 1. The van der Waals surface area contributed by atoms with E-state index in [1.165, 1.54) is 0 Å². The summed E-state index contributed by atoms with van der Waals surface area (Å²) >= 11 is 5.94. The lowest BCUT2D eigenvalue weighted by Crippen LogP contribution is -2.38. The molecule has 1 aliphatic rings. The van der Waals surface area contributed by atoms with Crippen molar-refractivity contribution in [1.82, 2.24) is 4.90 Å². The van der Waals surface area contributed by atoms with Crippen LogP contribution in [0.1, 0.15) is 30.1 Å². The first-order chi connectivity index (χ1) is 8.61. The smallest absolute Gasteiger partial charge is 0.256 e. The van der Waals surface area contributed by atoms with Gasteiger partial charge in [0.15, 0.2) is 0 Å². The van der Waals surface area contributed by atoms with Gasteiger partial charge >= 0.3 is 0 Å². The first-order valence-corrected chi connectivity index (χ1v) is 6.55. The molecule has 0 saturated carbocycles. The van der Waals surface area contributed by atoms with Gasteiger partial charge in [0.05, 0.1) is 11.3 Å². The maximum absolute atomic E-state index is 12.4. The second-order valence-corrected chi connectivity index (χ2v) is 5.25. The van der Waals surface area contributed by atoms with Crippen LogP contribution in [0.25, 0.3) is 0 Å². The molecule has 3 N–H and O–H groups in total. The predicted molar refractivity (Wildman–Crippen MR) is 73.6 cm³/mol. The maximum atomic E-state index is 12.4. The number of likely N-dealkylation sites (tertiary alicyclic amines) is 1. The molecule has 18 heavy (non-hydrogen) atoms. The molecule has 4 nitrogen and oxygen atoms in total. The van der Waals surface area contributed by atoms with Crippen LogP contribution in [0.4, 0.5) is 5.69 Å². The van der Waals surface area contributed by atoms with Gasteiger partial charge in [-0.25, -0.2) is 0 Å². The molecule has 1 saturated heterocycles. The molecule has 98 valence electrons. The van der Waals surface area contributed by atoms with Crippen LogP contribution >= 0.6 is 11.6 Å². The highest BCUT2D eigenvalue weighted by molar-refractivity contribution is 6.31. The van der Waals surface area contributed by atoms with Gasteiger partial charge in [-0.2, -0.15) is 0 Å². The van der Waals surface area contributed by atoms with Gasteiger partial charge < -0.3 is 10.3 Å². The van der Waals surface area contributed by atoms with Gasteiger partial charge in [-0.3, -0.25) is 10.6 Å². The van der Waals surface area contributed by atoms with E-state index in [9.17, 15) is 4.79 Å².